The maximum Gasteiger partial charge on any atom is 0.254 e. The van der Waals surface area contributed by atoms with Crippen LogP contribution in [0.5, 0.6) is 17.2 Å². The average Bonchev–Trinajstić information content (AvgIpc) is 2.63. The zero-order valence-electron chi connectivity index (χ0n) is 16.4. The summed E-state index contributed by atoms with van der Waals surface area (Å²) in [6.45, 7) is 8.14. The van der Waals surface area contributed by atoms with E-state index in [1.165, 1.54) is 10.6 Å². The van der Waals surface area contributed by atoms with Crippen LogP contribution in [0.25, 0.3) is 0 Å². The fourth-order valence-electron chi connectivity index (χ4n) is 2.92. The Morgan fingerprint density at radius 1 is 0.926 bits per heavy atom. The van der Waals surface area contributed by atoms with Crippen LogP contribution in [-0.2, 0) is 10.0 Å². The van der Waals surface area contributed by atoms with E-state index in [0.29, 0.717) is 55.7 Å². The van der Waals surface area contributed by atoms with Crippen molar-refractivity contribution in [2.24, 2.45) is 0 Å². The van der Waals surface area contributed by atoms with Crippen molar-refractivity contribution < 1.29 is 27.4 Å². The molecule has 1 amide bonds. The van der Waals surface area contributed by atoms with Crippen molar-refractivity contribution in [1.29, 1.82) is 0 Å². The van der Waals surface area contributed by atoms with Gasteiger partial charge in [0, 0.05) is 31.7 Å². The molecule has 2 rings (SSSR count). The minimum Gasteiger partial charge on any atom is -0.490 e. The van der Waals surface area contributed by atoms with Crippen molar-refractivity contribution >= 4 is 15.9 Å². The van der Waals surface area contributed by atoms with Gasteiger partial charge in [-0.2, -0.15) is 4.31 Å². The first kappa shape index (κ1) is 21.3. The Bertz CT molecular complexity index is 730. The Balaban J connectivity index is 2.27. The number of carbonyl (C=O) groups is 1. The molecule has 9 heteroatoms. The van der Waals surface area contributed by atoms with E-state index < -0.39 is 10.0 Å². The van der Waals surface area contributed by atoms with Gasteiger partial charge in [-0.1, -0.05) is 0 Å². The summed E-state index contributed by atoms with van der Waals surface area (Å²) in [5.74, 6) is 1.22. The van der Waals surface area contributed by atoms with Crippen molar-refractivity contribution in [3.05, 3.63) is 17.7 Å². The number of rotatable bonds is 8. The number of nitrogens with zero attached hydrogens (tertiary/aromatic N) is 2. The summed E-state index contributed by atoms with van der Waals surface area (Å²) >= 11 is 0. The van der Waals surface area contributed by atoms with Crippen molar-refractivity contribution in [3.63, 3.8) is 0 Å². The van der Waals surface area contributed by atoms with Crippen LogP contribution in [-0.4, -0.2) is 75.8 Å². The first-order valence-electron chi connectivity index (χ1n) is 9.12. The third-order valence-electron chi connectivity index (χ3n) is 4.15. The lowest BCUT2D eigenvalue weighted by molar-refractivity contribution is 0.0697. The summed E-state index contributed by atoms with van der Waals surface area (Å²) in [6, 6.07) is 3.31. The van der Waals surface area contributed by atoms with Gasteiger partial charge in [-0.05, 0) is 32.9 Å². The van der Waals surface area contributed by atoms with E-state index in [1.54, 1.807) is 17.0 Å². The van der Waals surface area contributed by atoms with Gasteiger partial charge < -0.3 is 19.1 Å². The summed E-state index contributed by atoms with van der Waals surface area (Å²) in [6.07, 6.45) is 1.18. The lowest BCUT2D eigenvalue weighted by Crippen LogP contribution is -2.50. The largest absolute Gasteiger partial charge is 0.490 e. The molecule has 0 radical (unpaired) electrons. The van der Waals surface area contributed by atoms with Gasteiger partial charge in [-0.15, -0.1) is 0 Å². The zero-order chi connectivity index (χ0) is 20.0. The van der Waals surface area contributed by atoms with Crippen LogP contribution in [0.1, 0.15) is 31.1 Å². The van der Waals surface area contributed by atoms with Gasteiger partial charge in [-0.3, -0.25) is 4.79 Å². The molecule has 27 heavy (non-hydrogen) atoms. The smallest absolute Gasteiger partial charge is 0.254 e. The molecule has 152 valence electrons. The van der Waals surface area contributed by atoms with Crippen molar-refractivity contribution in [2.45, 2.75) is 20.8 Å². The number of amides is 1. The first-order valence-corrected chi connectivity index (χ1v) is 11.0. The highest BCUT2D eigenvalue weighted by atomic mass is 32.2. The van der Waals surface area contributed by atoms with Crippen LogP contribution in [0, 0.1) is 0 Å². The molecule has 1 fully saturated rings. The highest BCUT2D eigenvalue weighted by Crippen LogP contribution is 2.39. The van der Waals surface area contributed by atoms with Gasteiger partial charge >= 0.3 is 0 Å². The lowest BCUT2D eigenvalue weighted by Gasteiger charge is -2.33. The van der Waals surface area contributed by atoms with E-state index in [2.05, 4.69) is 0 Å². The Morgan fingerprint density at radius 2 is 1.41 bits per heavy atom. The molecule has 0 N–H and O–H groups in total. The maximum atomic E-state index is 12.9. The molecule has 0 saturated carbocycles. The minimum atomic E-state index is -3.24. The second kappa shape index (κ2) is 9.27. The number of benzene rings is 1. The second-order valence-electron chi connectivity index (χ2n) is 6.05. The van der Waals surface area contributed by atoms with Crippen molar-refractivity contribution in [2.75, 3.05) is 52.3 Å². The SMILES string of the molecule is CCOc1cc(C(=O)N2CCN(S(C)(=O)=O)CC2)cc(OCC)c1OCC. The number of sulfonamides is 1. The standard InChI is InChI=1S/C18H28N2O6S/c1-5-24-15-12-14(13-16(25-6-2)17(15)26-7-3)18(21)19-8-10-20(11-9-19)27(4,22)23/h12-13H,5-11H2,1-4H3. The fourth-order valence-corrected chi connectivity index (χ4v) is 3.74. The zero-order valence-corrected chi connectivity index (χ0v) is 17.2. The Hall–Kier alpha value is -2.00. The first-order chi connectivity index (χ1) is 12.8. The summed E-state index contributed by atoms with van der Waals surface area (Å²) in [7, 11) is -3.24. The van der Waals surface area contributed by atoms with Crippen LogP contribution in [0.2, 0.25) is 0 Å². The molecule has 1 aliphatic heterocycles. The van der Waals surface area contributed by atoms with Gasteiger partial charge in [0.05, 0.1) is 26.1 Å². The molecule has 1 heterocycles. The number of hydrogen-bond donors (Lipinski definition) is 0. The Morgan fingerprint density at radius 3 is 1.81 bits per heavy atom. The molecule has 1 aliphatic rings. The van der Waals surface area contributed by atoms with Crippen LogP contribution < -0.4 is 14.2 Å². The molecule has 0 aromatic heterocycles. The maximum absolute atomic E-state index is 12.9. The summed E-state index contributed by atoms with van der Waals surface area (Å²) in [5, 5.41) is 0. The van der Waals surface area contributed by atoms with E-state index in [0.717, 1.165) is 0 Å². The van der Waals surface area contributed by atoms with Crippen molar-refractivity contribution in [3.8, 4) is 17.2 Å². The van der Waals surface area contributed by atoms with Gasteiger partial charge in [0.25, 0.3) is 5.91 Å². The van der Waals surface area contributed by atoms with Crippen LogP contribution in [0.15, 0.2) is 12.1 Å². The molecule has 0 unspecified atom stereocenters. The van der Waals surface area contributed by atoms with Crippen LogP contribution in [0.4, 0.5) is 0 Å². The molecule has 1 saturated heterocycles. The monoisotopic (exact) mass is 400 g/mol. The molecular weight excluding hydrogens is 372 g/mol. The molecule has 0 spiro atoms. The normalized spacial score (nSPS) is 15.5. The number of hydrogen-bond acceptors (Lipinski definition) is 6. The van der Waals surface area contributed by atoms with Crippen molar-refractivity contribution in [1.82, 2.24) is 9.21 Å². The fraction of sp³-hybridized carbons (Fsp3) is 0.611. The van der Waals surface area contributed by atoms with E-state index >= 15 is 0 Å². The highest BCUT2D eigenvalue weighted by Gasteiger charge is 2.28. The lowest BCUT2D eigenvalue weighted by atomic mass is 10.1. The second-order valence-corrected chi connectivity index (χ2v) is 8.04. The van der Waals surface area contributed by atoms with Gasteiger partial charge in [0.2, 0.25) is 15.8 Å². The highest BCUT2D eigenvalue weighted by molar-refractivity contribution is 7.88. The minimum absolute atomic E-state index is 0.187. The third-order valence-corrected chi connectivity index (χ3v) is 5.45. The molecule has 1 aromatic rings. The van der Waals surface area contributed by atoms with Crippen LogP contribution >= 0.6 is 0 Å². The molecule has 0 aliphatic carbocycles. The number of piperazine rings is 1. The van der Waals surface area contributed by atoms with Gasteiger partial charge in [-0.25, -0.2) is 8.42 Å². The third kappa shape index (κ3) is 5.26. The summed E-state index contributed by atoms with van der Waals surface area (Å²) < 4.78 is 41.6. The molecular formula is C18H28N2O6S. The summed E-state index contributed by atoms with van der Waals surface area (Å²) in [4.78, 5) is 14.6. The molecule has 0 bridgehead atoms. The number of carbonyl (C=O) groups excluding carboxylic acids is 1. The van der Waals surface area contributed by atoms with E-state index in [9.17, 15) is 13.2 Å². The van der Waals surface area contributed by atoms with Gasteiger partial charge in [0.15, 0.2) is 11.5 Å². The quantitative estimate of drug-likeness (QED) is 0.659. The topological polar surface area (TPSA) is 85.4 Å². The van der Waals surface area contributed by atoms with E-state index in [1.807, 2.05) is 20.8 Å². The number of ether oxygens (including phenoxy) is 3. The molecule has 8 nitrogen and oxygen atoms in total. The van der Waals surface area contributed by atoms with Crippen LogP contribution in [0.3, 0.4) is 0 Å². The predicted octanol–water partition coefficient (Wildman–Crippen LogP) is 1.60. The van der Waals surface area contributed by atoms with Gasteiger partial charge in [0.1, 0.15) is 0 Å². The van der Waals surface area contributed by atoms with E-state index in [-0.39, 0.29) is 19.0 Å². The Labute approximate surface area is 161 Å². The average molecular weight is 400 g/mol. The molecule has 0 atom stereocenters. The summed E-state index contributed by atoms with van der Waals surface area (Å²) in [5.41, 5.74) is 0.429. The Kier molecular flexibility index (Phi) is 7.32. The molecule has 1 aromatic carbocycles. The predicted molar refractivity (Wildman–Crippen MR) is 102 cm³/mol. The van der Waals surface area contributed by atoms with E-state index in [4.69, 9.17) is 14.2 Å².